The van der Waals surface area contributed by atoms with Gasteiger partial charge < -0.3 is 5.73 Å². The van der Waals surface area contributed by atoms with E-state index >= 15 is 0 Å². The van der Waals surface area contributed by atoms with E-state index < -0.39 is 0 Å². The molecule has 3 nitrogen and oxygen atoms in total. The molecule has 2 N–H and O–H groups in total. The van der Waals surface area contributed by atoms with Crippen molar-refractivity contribution >= 4 is 5.78 Å². The summed E-state index contributed by atoms with van der Waals surface area (Å²) in [5.74, 6) is 0.272. The monoisotopic (exact) mass is 220 g/mol. The van der Waals surface area contributed by atoms with Crippen LogP contribution in [-0.4, -0.2) is 17.3 Å². The number of aromatic nitrogens is 1. The average Bonchev–Trinajstić information content (AvgIpc) is 2.28. The van der Waals surface area contributed by atoms with E-state index in [4.69, 9.17) is 5.73 Å². The van der Waals surface area contributed by atoms with Crippen LogP contribution in [0.3, 0.4) is 0 Å². The first-order chi connectivity index (χ1) is 7.72. The highest BCUT2D eigenvalue weighted by Crippen LogP contribution is 2.05. The van der Waals surface area contributed by atoms with E-state index in [1.165, 1.54) is 0 Å². The Morgan fingerprint density at radius 3 is 2.75 bits per heavy atom. The third kappa shape index (κ3) is 5.03. The summed E-state index contributed by atoms with van der Waals surface area (Å²) < 4.78 is 0. The van der Waals surface area contributed by atoms with Crippen molar-refractivity contribution in [2.45, 2.75) is 39.0 Å². The van der Waals surface area contributed by atoms with Crippen molar-refractivity contribution < 1.29 is 4.79 Å². The SMILES string of the molecule is Cc1ccc(CC(=O)CCCCCN)nc1. The molecule has 0 amide bonds. The molecule has 0 aromatic carbocycles. The van der Waals surface area contributed by atoms with Crippen molar-refractivity contribution in [3.05, 3.63) is 29.6 Å². The van der Waals surface area contributed by atoms with Gasteiger partial charge in [-0.15, -0.1) is 0 Å². The van der Waals surface area contributed by atoms with Crippen molar-refractivity contribution in [2.75, 3.05) is 6.54 Å². The predicted octanol–water partition coefficient (Wildman–Crippen LogP) is 2.02. The van der Waals surface area contributed by atoms with Gasteiger partial charge in [0, 0.05) is 24.7 Å². The molecule has 0 atom stereocenters. The minimum Gasteiger partial charge on any atom is -0.330 e. The second-order valence-electron chi connectivity index (χ2n) is 4.14. The Labute approximate surface area is 97.1 Å². The molecular weight excluding hydrogens is 200 g/mol. The van der Waals surface area contributed by atoms with Gasteiger partial charge in [-0.3, -0.25) is 9.78 Å². The molecule has 0 saturated heterocycles. The molecule has 1 aromatic heterocycles. The number of hydrogen-bond acceptors (Lipinski definition) is 3. The van der Waals surface area contributed by atoms with Crippen LogP contribution in [0, 0.1) is 6.92 Å². The fourth-order valence-electron chi connectivity index (χ4n) is 1.54. The lowest BCUT2D eigenvalue weighted by Crippen LogP contribution is -2.05. The number of nitrogens with two attached hydrogens (primary N) is 1. The van der Waals surface area contributed by atoms with Gasteiger partial charge >= 0.3 is 0 Å². The number of Topliss-reactive ketones (excluding diaryl/α,β-unsaturated/α-hetero) is 1. The number of pyridine rings is 1. The van der Waals surface area contributed by atoms with Crippen LogP contribution < -0.4 is 5.73 Å². The predicted molar refractivity (Wildman–Crippen MR) is 65.2 cm³/mol. The Balaban J connectivity index is 2.26. The number of ketones is 1. The third-order valence-electron chi connectivity index (χ3n) is 2.51. The largest absolute Gasteiger partial charge is 0.330 e. The molecule has 0 fully saturated rings. The summed E-state index contributed by atoms with van der Waals surface area (Å²) in [6, 6.07) is 3.91. The van der Waals surface area contributed by atoms with Gasteiger partial charge in [0.1, 0.15) is 5.78 Å². The van der Waals surface area contributed by atoms with Gasteiger partial charge in [-0.25, -0.2) is 0 Å². The topological polar surface area (TPSA) is 56.0 Å². The molecule has 1 heterocycles. The van der Waals surface area contributed by atoms with Crippen LogP contribution in [0.4, 0.5) is 0 Å². The Kier molecular flexibility index (Phi) is 5.72. The molecule has 88 valence electrons. The fourth-order valence-corrected chi connectivity index (χ4v) is 1.54. The van der Waals surface area contributed by atoms with E-state index in [-0.39, 0.29) is 5.78 Å². The highest BCUT2D eigenvalue weighted by molar-refractivity contribution is 5.80. The number of rotatable bonds is 7. The molecular formula is C13H20N2O. The van der Waals surface area contributed by atoms with E-state index in [1.54, 1.807) is 6.20 Å². The lowest BCUT2D eigenvalue weighted by molar-refractivity contribution is -0.118. The van der Waals surface area contributed by atoms with Crippen LogP contribution in [0.25, 0.3) is 0 Å². The summed E-state index contributed by atoms with van der Waals surface area (Å²) >= 11 is 0. The van der Waals surface area contributed by atoms with Crippen molar-refractivity contribution in [3.63, 3.8) is 0 Å². The molecule has 3 heteroatoms. The van der Waals surface area contributed by atoms with Crippen molar-refractivity contribution in [2.24, 2.45) is 5.73 Å². The summed E-state index contributed by atoms with van der Waals surface area (Å²) in [4.78, 5) is 15.8. The smallest absolute Gasteiger partial charge is 0.138 e. The zero-order chi connectivity index (χ0) is 11.8. The minimum atomic E-state index is 0.272. The summed E-state index contributed by atoms with van der Waals surface area (Å²) in [5.41, 5.74) is 7.38. The van der Waals surface area contributed by atoms with Crippen LogP contribution in [0.2, 0.25) is 0 Å². The highest BCUT2D eigenvalue weighted by atomic mass is 16.1. The zero-order valence-corrected chi connectivity index (χ0v) is 9.91. The second kappa shape index (κ2) is 7.12. The van der Waals surface area contributed by atoms with Crippen molar-refractivity contribution in [3.8, 4) is 0 Å². The second-order valence-corrected chi connectivity index (χ2v) is 4.14. The fraction of sp³-hybridized carbons (Fsp3) is 0.538. The Morgan fingerprint density at radius 2 is 2.12 bits per heavy atom. The van der Waals surface area contributed by atoms with Crippen LogP contribution in [-0.2, 0) is 11.2 Å². The maximum absolute atomic E-state index is 11.6. The molecule has 0 saturated carbocycles. The number of aryl methyl sites for hydroxylation is 1. The Morgan fingerprint density at radius 1 is 1.31 bits per heavy atom. The molecule has 0 bridgehead atoms. The van der Waals surface area contributed by atoms with Crippen molar-refractivity contribution in [1.29, 1.82) is 0 Å². The third-order valence-corrected chi connectivity index (χ3v) is 2.51. The van der Waals surface area contributed by atoms with Crippen LogP contribution in [0.15, 0.2) is 18.3 Å². The minimum absolute atomic E-state index is 0.272. The molecule has 16 heavy (non-hydrogen) atoms. The summed E-state index contributed by atoms with van der Waals surface area (Å²) in [5, 5.41) is 0. The number of unbranched alkanes of at least 4 members (excludes halogenated alkanes) is 2. The molecule has 0 spiro atoms. The van der Waals surface area contributed by atoms with Gasteiger partial charge in [-0.2, -0.15) is 0 Å². The van der Waals surface area contributed by atoms with Crippen LogP contribution in [0.1, 0.15) is 36.9 Å². The van der Waals surface area contributed by atoms with E-state index in [1.807, 2.05) is 19.1 Å². The van der Waals surface area contributed by atoms with Gasteiger partial charge in [0.25, 0.3) is 0 Å². The van der Waals surface area contributed by atoms with Gasteiger partial charge in [-0.05, 0) is 37.9 Å². The number of carbonyl (C=O) groups is 1. The number of hydrogen-bond donors (Lipinski definition) is 1. The van der Waals surface area contributed by atoms with Gasteiger partial charge in [0.15, 0.2) is 0 Å². The average molecular weight is 220 g/mol. The van der Waals surface area contributed by atoms with E-state index in [9.17, 15) is 4.79 Å². The van der Waals surface area contributed by atoms with E-state index in [0.717, 1.165) is 30.5 Å². The summed E-state index contributed by atoms with van der Waals surface area (Å²) in [6.45, 7) is 2.71. The molecule has 0 radical (unpaired) electrons. The lowest BCUT2D eigenvalue weighted by atomic mass is 10.1. The summed E-state index contributed by atoms with van der Waals surface area (Å²) in [7, 11) is 0. The molecule has 1 aromatic rings. The lowest BCUT2D eigenvalue weighted by Gasteiger charge is -2.01. The standard InChI is InChI=1S/C13H20N2O/c1-11-6-7-12(15-10-11)9-13(16)5-3-2-4-8-14/h6-7,10H,2-5,8-9,14H2,1H3. The summed E-state index contributed by atoms with van der Waals surface area (Å²) in [6.07, 6.45) is 5.91. The van der Waals surface area contributed by atoms with E-state index in [0.29, 0.717) is 19.4 Å². The first kappa shape index (κ1) is 12.8. The van der Waals surface area contributed by atoms with Crippen LogP contribution >= 0.6 is 0 Å². The first-order valence-corrected chi connectivity index (χ1v) is 5.85. The number of nitrogens with zero attached hydrogens (tertiary/aromatic N) is 1. The van der Waals surface area contributed by atoms with Gasteiger partial charge in [-0.1, -0.05) is 12.5 Å². The first-order valence-electron chi connectivity index (χ1n) is 5.85. The van der Waals surface area contributed by atoms with Gasteiger partial charge in [0.2, 0.25) is 0 Å². The Hall–Kier alpha value is -1.22. The van der Waals surface area contributed by atoms with Crippen LogP contribution in [0.5, 0.6) is 0 Å². The molecule has 0 aliphatic heterocycles. The molecule has 0 aliphatic carbocycles. The molecule has 0 aliphatic rings. The quantitative estimate of drug-likeness (QED) is 0.715. The maximum Gasteiger partial charge on any atom is 0.138 e. The normalized spacial score (nSPS) is 10.4. The highest BCUT2D eigenvalue weighted by Gasteiger charge is 2.04. The Bertz CT molecular complexity index is 319. The van der Waals surface area contributed by atoms with Gasteiger partial charge in [0.05, 0.1) is 0 Å². The molecule has 0 unspecified atom stereocenters. The maximum atomic E-state index is 11.6. The zero-order valence-electron chi connectivity index (χ0n) is 9.91. The van der Waals surface area contributed by atoms with E-state index in [2.05, 4.69) is 4.98 Å². The van der Waals surface area contributed by atoms with Crippen molar-refractivity contribution in [1.82, 2.24) is 4.98 Å². The number of carbonyl (C=O) groups excluding carboxylic acids is 1. The molecule has 1 rings (SSSR count).